The van der Waals surface area contributed by atoms with Gasteiger partial charge in [-0.15, -0.1) is 0 Å². The Morgan fingerprint density at radius 2 is 2.06 bits per heavy atom. The Balaban J connectivity index is 2.87. The summed E-state index contributed by atoms with van der Waals surface area (Å²) in [4.78, 5) is 11.6. The molecule has 0 fully saturated rings. The maximum atomic E-state index is 11.6. The van der Waals surface area contributed by atoms with Gasteiger partial charge in [-0.25, -0.2) is 4.79 Å². The van der Waals surface area contributed by atoms with Gasteiger partial charge in [0.2, 0.25) is 0 Å². The van der Waals surface area contributed by atoms with Crippen LogP contribution in [0.25, 0.3) is 6.08 Å². The number of thioether (sulfide) groups is 1. The van der Waals surface area contributed by atoms with Crippen molar-refractivity contribution < 1.29 is 9.53 Å². The van der Waals surface area contributed by atoms with Crippen molar-refractivity contribution in [2.24, 2.45) is 0 Å². The molecule has 0 aliphatic heterocycles. The predicted molar refractivity (Wildman–Crippen MR) is 74.4 cm³/mol. The molecule has 2 nitrogen and oxygen atoms in total. The lowest BCUT2D eigenvalue weighted by Gasteiger charge is -2.04. The second-order valence-corrected chi connectivity index (χ2v) is 5.06. The predicted octanol–water partition coefficient (Wildman–Crippen LogP) is 3.65. The zero-order valence-corrected chi connectivity index (χ0v) is 11.5. The van der Waals surface area contributed by atoms with E-state index in [2.05, 4.69) is 6.92 Å². The number of carbonyl (C=O) groups excluding carboxylic acids is 1. The molecular formula is C13H15ClO2S. The van der Waals surface area contributed by atoms with Gasteiger partial charge in [0.15, 0.2) is 0 Å². The molecule has 0 amide bonds. The van der Waals surface area contributed by atoms with Crippen LogP contribution in [0.1, 0.15) is 12.5 Å². The summed E-state index contributed by atoms with van der Waals surface area (Å²) in [5.41, 5.74) is 1.62. The summed E-state index contributed by atoms with van der Waals surface area (Å²) >= 11 is 7.49. The molecule has 4 heteroatoms. The molecular weight excluding hydrogens is 256 g/mol. The highest BCUT2D eigenvalue weighted by atomic mass is 35.5. The van der Waals surface area contributed by atoms with Crippen LogP contribution in [0.4, 0.5) is 0 Å². The number of methoxy groups -OCH3 is 1. The molecule has 1 rings (SSSR count). The molecule has 0 N–H and O–H groups in total. The number of ether oxygens (including phenoxy) is 1. The highest BCUT2D eigenvalue weighted by Gasteiger charge is 2.09. The van der Waals surface area contributed by atoms with E-state index in [0.717, 1.165) is 11.3 Å². The number of esters is 1. The van der Waals surface area contributed by atoms with Crippen LogP contribution in [-0.4, -0.2) is 24.6 Å². The topological polar surface area (TPSA) is 26.3 Å². The van der Waals surface area contributed by atoms with E-state index < -0.39 is 0 Å². The molecule has 1 aromatic rings. The van der Waals surface area contributed by atoms with Gasteiger partial charge in [-0.3, -0.25) is 0 Å². The maximum absolute atomic E-state index is 11.6. The van der Waals surface area contributed by atoms with E-state index in [4.69, 9.17) is 16.3 Å². The van der Waals surface area contributed by atoms with Crippen LogP contribution in [0.5, 0.6) is 0 Å². The second kappa shape index (κ2) is 7.41. The van der Waals surface area contributed by atoms with Gasteiger partial charge in [0.25, 0.3) is 0 Å². The standard InChI is InChI=1S/C13H15ClO2S/c1-3-17-9-11(13(15)16-2)8-10-4-6-12(14)7-5-10/h4-8H,3,9H2,1-2H3/b11-8+. The van der Waals surface area contributed by atoms with Crippen LogP contribution in [0.2, 0.25) is 5.02 Å². The van der Waals surface area contributed by atoms with Gasteiger partial charge in [0.05, 0.1) is 7.11 Å². The van der Waals surface area contributed by atoms with Crippen molar-refractivity contribution >= 4 is 35.4 Å². The van der Waals surface area contributed by atoms with E-state index in [0.29, 0.717) is 16.3 Å². The van der Waals surface area contributed by atoms with Gasteiger partial charge in [0, 0.05) is 16.3 Å². The fourth-order valence-corrected chi connectivity index (χ4v) is 2.01. The van der Waals surface area contributed by atoms with Crippen molar-refractivity contribution in [3.63, 3.8) is 0 Å². The fourth-order valence-electron chi connectivity index (χ4n) is 1.26. The highest BCUT2D eigenvalue weighted by Crippen LogP contribution is 2.16. The molecule has 0 aliphatic rings. The average Bonchev–Trinajstić information content (AvgIpc) is 2.36. The van der Waals surface area contributed by atoms with Crippen LogP contribution in [0.3, 0.4) is 0 Å². The first-order valence-corrected chi connectivity index (χ1v) is 6.82. The largest absolute Gasteiger partial charge is 0.466 e. The normalized spacial score (nSPS) is 11.4. The number of carbonyl (C=O) groups is 1. The lowest BCUT2D eigenvalue weighted by atomic mass is 10.1. The molecule has 92 valence electrons. The molecule has 17 heavy (non-hydrogen) atoms. The first-order valence-electron chi connectivity index (χ1n) is 5.29. The van der Waals surface area contributed by atoms with Crippen molar-refractivity contribution in [1.82, 2.24) is 0 Å². The van der Waals surface area contributed by atoms with E-state index in [1.165, 1.54) is 7.11 Å². The Bertz CT molecular complexity index is 398. The van der Waals surface area contributed by atoms with Crippen molar-refractivity contribution in [3.05, 3.63) is 40.4 Å². The molecule has 0 saturated carbocycles. The molecule has 0 heterocycles. The van der Waals surface area contributed by atoms with Gasteiger partial charge >= 0.3 is 5.97 Å². The number of hydrogen-bond donors (Lipinski definition) is 0. The van der Waals surface area contributed by atoms with Crippen LogP contribution >= 0.6 is 23.4 Å². The fraction of sp³-hybridized carbons (Fsp3) is 0.308. The Labute approximate surface area is 111 Å². The zero-order chi connectivity index (χ0) is 12.7. The monoisotopic (exact) mass is 270 g/mol. The Hall–Kier alpha value is -0.930. The Morgan fingerprint density at radius 3 is 2.59 bits per heavy atom. The van der Waals surface area contributed by atoms with E-state index in [9.17, 15) is 4.79 Å². The minimum atomic E-state index is -0.277. The van der Waals surface area contributed by atoms with E-state index in [1.54, 1.807) is 23.9 Å². The molecule has 0 atom stereocenters. The molecule has 0 aromatic heterocycles. The molecule has 0 spiro atoms. The first-order chi connectivity index (χ1) is 8.17. The lowest BCUT2D eigenvalue weighted by molar-refractivity contribution is -0.135. The molecule has 1 aromatic carbocycles. The van der Waals surface area contributed by atoms with Crippen molar-refractivity contribution in [2.75, 3.05) is 18.6 Å². The third-order valence-corrected chi connectivity index (χ3v) is 3.30. The van der Waals surface area contributed by atoms with Crippen molar-refractivity contribution in [3.8, 4) is 0 Å². The second-order valence-electron chi connectivity index (χ2n) is 3.35. The summed E-state index contributed by atoms with van der Waals surface area (Å²) < 4.78 is 4.76. The minimum absolute atomic E-state index is 0.277. The van der Waals surface area contributed by atoms with Crippen LogP contribution < -0.4 is 0 Å². The minimum Gasteiger partial charge on any atom is -0.466 e. The Kier molecular flexibility index (Phi) is 6.16. The average molecular weight is 271 g/mol. The van der Waals surface area contributed by atoms with E-state index in [1.807, 2.05) is 18.2 Å². The number of halogens is 1. The summed E-state index contributed by atoms with van der Waals surface area (Å²) in [6.45, 7) is 2.06. The molecule has 0 saturated heterocycles. The van der Waals surface area contributed by atoms with Gasteiger partial charge < -0.3 is 4.74 Å². The third-order valence-electron chi connectivity index (χ3n) is 2.12. The van der Waals surface area contributed by atoms with Crippen LogP contribution in [-0.2, 0) is 9.53 Å². The molecule has 0 aliphatic carbocycles. The molecule has 0 unspecified atom stereocenters. The van der Waals surface area contributed by atoms with Crippen molar-refractivity contribution in [1.29, 1.82) is 0 Å². The first kappa shape index (κ1) is 14.1. The summed E-state index contributed by atoms with van der Waals surface area (Å²) in [5.74, 6) is 1.35. The highest BCUT2D eigenvalue weighted by molar-refractivity contribution is 7.99. The van der Waals surface area contributed by atoms with Gasteiger partial charge in [-0.2, -0.15) is 11.8 Å². The third kappa shape index (κ3) is 4.84. The number of hydrogen-bond acceptors (Lipinski definition) is 3. The summed E-state index contributed by atoms with van der Waals surface area (Å²) in [6, 6.07) is 7.36. The van der Waals surface area contributed by atoms with Crippen LogP contribution in [0.15, 0.2) is 29.8 Å². The molecule has 0 bridgehead atoms. The quantitative estimate of drug-likeness (QED) is 0.603. The van der Waals surface area contributed by atoms with Gasteiger partial charge in [0.1, 0.15) is 0 Å². The zero-order valence-electron chi connectivity index (χ0n) is 9.90. The SMILES string of the molecule is CCSC/C(=C\c1ccc(Cl)cc1)C(=O)OC. The van der Waals surface area contributed by atoms with Gasteiger partial charge in [-0.1, -0.05) is 30.7 Å². The summed E-state index contributed by atoms with van der Waals surface area (Å²) in [7, 11) is 1.40. The van der Waals surface area contributed by atoms with Crippen molar-refractivity contribution in [2.45, 2.75) is 6.92 Å². The number of rotatable bonds is 5. The van der Waals surface area contributed by atoms with Crippen LogP contribution in [0, 0.1) is 0 Å². The van der Waals surface area contributed by atoms with E-state index >= 15 is 0 Å². The smallest absolute Gasteiger partial charge is 0.334 e. The van der Waals surface area contributed by atoms with Gasteiger partial charge in [-0.05, 0) is 29.5 Å². The molecule has 0 radical (unpaired) electrons. The summed E-state index contributed by atoms with van der Waals surface area (Å²) in [5, 5.41) is 0.685. The Morgan fingerprint density at radius 1 is 1.41 bits per heavy atom. The maximum Gasteiger partial charge on any atom is 0.334 e. The summed E-state index contributed by atoms with van der Waals surface area (Å²) in [6.07, 6.45) is 1.84. The van der Waals surface area contributed by atoms with E-state index in [-0.39, 0.29) is 5.97 Å². The lowest BCUT2D eigenvalue weighted by Crippen LogP contribution is -2.07. The number of benzene rings is 1.